The Kier molecular flexibility index (Phi) is 5.31. The molecule has 13 heteroatoms. The van der Waals surface area contributed by atoms with E-state index in [1.54, 1.807) is 0 Å². The lowest BCUT2D eigenvalue weighted by molar-refractivity contribution is -0.287. The molecule has 30 heavy (non-hydrogen) atoms. The van der Waals surface area contributed by atoms with Crippen LogP contribution in [0.25, 0.3) is 0 Å². The Bertz CT molecular complexity index is 1020. The summed E-state index contributed by atoms with van der Waals surface area (Å²) >= 11 is 5.50. The van der Waals surface area contributed by atoms with E-state index in [1.165, 1.54) is 6.92 Å². The third-order valence-electron chi connectivity index (χ3n) is 3.77. The minimum Gasteiger partial charge on any atom is -0.490 e. The van der Waals surface area contributed by atoms with Gasteiger partial charge in [0.1, 0.15) is 5.75 Å². The number of hydrogen-bond acceptors (Lipinski definition) is 6. The number of halogens is 7. The van der Waals surface area contributed by atoms with E-state index in [0.717, 1.165) is 19.2 Å². The summed E-state index contributed by atoms with van der Waals surface area (Å²) in [5.41, 5.74) is -0.592. The summed E-state index contributed by atoms with van der Waals surface area (Å²) in [5.74, 6) is -5.53. The highest BCUT2D eigenvalue weighted by atomic mass is 35.5. The van der Waals surface area contributed by atoms with Crippen LogP contribution in [0.1, 0.15) is 15.9 Å². The van der Waals surface area contributed by atoms with Crippen LogP contribution in [0, 0.1) is 12.7 Å². The van der Waals surface area contributed by atoms with E-state index in [4.69, 9.17) is 21.1 Å². The van der Waals surface area contributed by atoms with E-state index in [-0.39, 0.29) is 5.56 Å². The lowest BCUT2D eigenvalue weighted by atomic mass is 10.1. The zero-order valence-electron chi connectivity index (χ0n) is 14.8. The van der Waals surface area contributed by atoms with E-state index < -0.39 is 63.8 Å². The molecule has 0 atom stereocenters. The summed E-state index contributed by atoms with van der Waals surface area (Å²) in [6, 6.07) is 2.27. The zero-order chi connectivity index (χ0) is 22.4. The minimum atomic E-state index is -5.17. The third kappa shape index (κ3) is 4.13. The van der Waals surface area contributed by atoms with Gasteiger partial charge in [0.2, 0.25) is 11.6 Å². The summed E-state index contributed by atoms with van der Waals surface area (Å²) in [6.07, 6.45) is -9.19. The maximum atomic E-state index is 14.4. The molecule has 2 aromatic rings. The highest BCUT2D eigenvalue weighted by Gasteiger charge is 2.45. The monoisotopic (exact) mass is 458 g/mol. The van der Waals surface area contributed by atoms with Gasteiger partial charge in [-0.3, -0.25) is 4.79 Å². The fourth-order valence-corrected chi connectivity index (χ4v) is 2.88. The van der Waals surface area contributed by atoms with Gasteiger partial charge < -0.3 is 23.7 Å². The molecule has 1 aliphatic rings. The average molecular weight is 459 g/mol. The van der Waals surface area contributed by atoms with Crippen LogP contribution in [-0.2, 0) is 0 Å². The molecule has 0 saturated heterocycles. The molecule has 0 radical (unpaired) electrons. The molecule has 2 aromatic carbocycles. The smallest absolute Gasteiger partial charge is 0.490 e. The second-order valence-corrected chi connectivity index (χ2v) is 6.05. The van der Waals surface area contributed by atoms with Crippen molar-refractivity contribution in [3.8, 4) is 34.5 Å². The number of hydrogen-bond donors (Lipinski definition) is 0. The summed E-state index contributed by atoms with van der Waals surface area (Å²) in [5, 5.41) is -1.14. The molecule has 6 nitrogen and oxygen atoms in total. The van der Waals surface area contributed by atoms with Gasteiger partial charge in [0.05, 0.1) is 12.7 Å². The predicted octanol–water partition coefficient (Wildman–Crippen LogP) is 5.53. The van der Waals surface area contributed by atoms with Gasteiger partial charge in [-0.15, -0.1) is 22.0 Å². The minimum absolute atomic E-state index is 0.170. The molecule has 0 bridgehead atoms. The van der Waals surface area contributed by atoms with Crippen LogP contribution < -0.4 is 23.7 Å². The van der Waals surface area contributed by atoms with E-state index >= 15 is 0 Å². The van der Waals surface area contributed by atoms with Crippen LogP contribution in [-0.4, -0.2) is 25.0 Å². The number of ether oxygens (including phenoxy) is 5. The van der Waals surface area contributed by atoms with E-state index in [1.807, 2.05) is 0 Å². The van der Waals surface area contributed by atoms with Crippen molar-refractivity contribution in [1.82, 2.24) is 0 Å². The van der Waals surface area contributed by atoms with Crippen molar-refractivity contribution in [3.63, 3.8) is 0 Å². The van der Waals surface area contributed by atoms with Crippen molar-refractivity contribution < 1.29 is 54.8 Å². The van der Waals surface area contributed by atoms with Gasteiger partial charge in [0.15, 0.2) is 23.0 Å². The molecular weight excluding hydrogens is 450 g/mol. The molecule has 1 aliphatic heterocycles. The Morgan fingerprint density at radius 3 is 2.33 bits per heavy atom. The molecule has 0 N–H and O–H groups in total. The zero-order valence-corrected chi connectivity index (χ0v) is 15.6. The summed E-state index contributed by atoms with van der Waals surface area (Å²) in [4.78, 5) is 11.8. The molecule has 0 fully saturated rings. The molecule has 0 spiro atoms. The lowest BCUT2D eigenvalue weighted by Gasteiger charge is -2.17. The number of methoxy groups -OCH3 is 1. The third-order valence-corrected chi connectivity index (χ3v) is 3.96. The fraction of sp³-hybridized carbons (Fsp3) is 0.235. The largest absolute Gasteiger partial charge is 0.586 e. The highest BCUT2D eigenvalue weighted by molar-refractivity contribution is 6.68. The summed E-state index contributed by atoms with van der Waals surface area (Å²) < 4.78 is 100. The molecule has 0 amide bonds. The second kappa shape index (κ2) is 7.35. The quantitative estimate of drug-likeness (QED) is 0.433. The predicted molar refractivity (Wildman–Crippen MR) is 87.3 cm³/mol. The van der Waals surface area contributed by atoms with Crippen molar-refractivity contribution in [2.75, 3.05) is 7.11 Å². The van der Waals surface area contributed by atoms with Crippen molar-refractivity contribution in [1.29, 1.82) is 0 Å². The lowest BCUT2D eigenvalue weighted by Crippen LogP contribution is -2.26. The highest BCUT2D eigenvalue weighted by Crippen LogP contribution is 2.49. The first kappa shape index (κ1) is 21.7. The topological polar surface area (TPSA) is 63.2 Å². The first-order chi connectivity index (χ1) is 13.8. The average Bonchev–Trinajstić information content (AvgIpc) is 2.91. The SMILES string of the molecule is COc1c(Oc2cc3c(c(C)c2C(=O)Cl)OC(F)(F)O3)ccc(OC(F)(F)F)c1F. The molecule has 0 saturated carbocycles. The molecule has 0 unspecified atom stereocenters. The number of alkyl halides is 5. The molecular formula is C17H9ClF6O6. The Morgan fingerprint density at radius 2 is 1.77 bits per heavy atom. The van der Waals surface area contributed by atoms with Crippen LogP contribution >= 0.6 is 11.6 Å². The maximum absolute atomic E-state index is 14.4. The van der Waals surface area contributed by atoms with E-state index in [0.29, 0.717) is 6.07 Å². The standard InChI is InChI=1S/C17H9ClF6O6/c1-6-11(15(18)25)9(5-10-13(6)30-17(23,24)29-10)27-8-4-3-7(28-16(20,21)22)12(19)14(8)26-2/h3-5H,1-2H3. The van der Waals surface area contributed by atoms with Gasteiger partial charge in [0, 0.05) is 11.6 Å². The second-order valence-electron chi connectivity index (χ2n) is 5.70. The Hall–Kier alpha value is -3.02. The maximum Gasteiger partial charge on any atom is 0.586 e. The van der Waals surface area contributed by atoms with Crippen LogP contribution in [0.2, 0.25) is 0 Å². The number of rotatable bonds is 5. The van der Waals surface area contributed by atoms with Gasteiger partial charge in [-0.2, -0.15) is 4.39 Å². The van der Waals surface area contributed by atoms with Crippen LogP contribution in [0.5, 0.6) is 34.5 Å². The van der Waals surface area contributed by atoms with Crippen LogP contribution in [0.4, 0.5) is 26.3 Å². The molecule has 3 rings (SSSR count). The number of carbonyl (C=O) groups is 1. The van der Waals surface area contributed by atoms with Crippen molar-refractivity contribution >= 4 is 16.8 Å². The number of benzene rings is 2. The van der Waals surface area contributed by atoms with Crippen LogP contribution in [0.15, 0.2) is 18.2 Å². The number of fused-ring (bicyclic) bond motifs is 1. The molecule has 0 aliphatic carbocycles. The van der Waals surface area contributed by atoms with Crippen molar-refractivity contribution in [2.45, 2.75) is 19.6 Å². The van der Waals surface area contributed by atoms with Crippen molar-refractivity contribution in [3.05, 3.63) is 35.1 Å². The van der Waals surface area contributed by atoms with E-state index in [2.05, 4.69) is 14.2 Å². The molecule has 1 heterocycles. The first-order valence-corrected chi connectivity index (χ1v) is 8.14. The normalized spacial score (nSPS) is 14.4. The van der Waals surface area contributed by atoms with Gasteiger partial charge in [-0.1, -0.05) is 0 Å². The summed E-state index contributed by atoms with van der Waals surface area (Å²) in [6.45, 7) is 1.21. The molecule has 162 valence electrons. The van der Waals surface area contributed by atoms with Crippen molar-refractivity contribution in [2.24, 2.45) is 0 Å². The Morgan fingerprint density at radius 1 is 1.13 bits per heavy atom. The van der Waals surface area contributed by atoms with Gasteiger partial charge in [-0.05, 0) is 30.7 Å². The molecule has 0 aromatic heterocycles. The van der Waals surface area contributed by atoms with E-state index in [9.17, 15) is 31.1 Å². The van der Waals surface area contributed by atoms with Gasteiger partial charge in [0.25, 0.3) is 5.24 Å². The Labute approximate surface area is 168 Å². The van der Waals surface area contributed by atoms with Gasteiger partial charge >= 0.3 is 12.7 Å². The van der Waals surface area contributed by atoms with Gasteiger partial charge in [-0.25, -0.2) is 0 Å². The number of carbonyl (C=O) groups excluding carboxylic acids is 1. The fourth-order valence-electron chi connectivity index (χ4n) is 2.65. The van der Waals surface area contributed by atoms with Crippen LogP contribution in [0.3, 0.4) is 0 Å². The Balaban J connectivity index is 2.08. The summed E-state index contributed by atoms with van der Waals surface area (Å²) in [7, 11) is 0.932. The first-order valence-electron chi connectivity index (χ1n) is 7.76.